The van der Waals surface area contributed by atoms with Gasteiger partial charge in [0.2, 0.25) is 5.91 Å². The van der Waals surface area contributed by atoms with Gasteiger partial charge in [-0.15, -0.1) is 0 Å². The van der Waals surface area contributed by atoms with Gasteiger partial charge in [-0.25, -0.2) is 28.1 Å². The molecule has 0 spiro atoms. The van der Waals surface area contributed by atoms with Gasteiger partial charge in [0.15, 0.2) is 17.3 Å². The fourth-order valence-electron chi connectivity index (χ4n) is 4.04. The van der Waals surface area contributed by atoms with Crippen molar-refractivity contribution in [3.8, 4) is 28.6 Å². The fourth-order valence-corrected chi connectivity index (χ4v) is 4.04. The molecule has 0 saturated heterocycles. The lowest BCUT2D eigenvalue weighted by atomic mass is 10.1. The van der Waals surface area contributed by atoms with Gasteiger partial charge in [-0.3, -0.25) is 9.36 Å². The molecule has 5 aromatic rings. The summed E-state index contributed by atoms with van der Waals surface area (Å²) >= 11 is 0. The molecule has 5 rings (SSSR count). The van der Waals surface area contributed by atoms with Crippen molar-refractivity contribution < 1.29 is 36.2 Å². The molecule has 9 nitrogen and oxygen atoms in total. The van der Waals surface area contributed by atoms with Gasteiger partial charge in [-0.05, 0) is 18.2 Å². The van der Waals surface area contributed by atoms with Gasteiger partial charge in [0, 0.05) is 36.4 Å². The van der Waals surface area contributed by atoms with Crippen molar-refractivity contribution >= 4 is 17.1 Å². The predicted molar refractivity (Wildman–Crippen MR) is 127 cm³/mol. The maximum absolute atomic E-state index is 15.2. The number of aromatic amines is 1. The zero-order chi connectivity index (χ0) is 27.8. The number of nitrogens with two attached hydrogens (primary N) is 1. The van der Waals surface area contributed by atoms with Crippen LogP contribution in [-0.2, 0) is 6.42 Å². The Morgan fingerprint density at radius 2 is 1.82 bits per heavy atom. The Bertz CT molecular complexity index is 1700. The summed E-state index contributed by atoms with van der Waals surface area (Å²) in [5.74, 6) is -3.97. The number of carbonyl (C=O) groups is 1. The number of H-pyrrole nitrogens is 1. The Balaban J connectivity index is 1.70. The van der Waals surface area contributed by atoms with Crippen LogP contribution in [0.2, 0.25) is 0 Å². The topological polar surface area (TPSA) is 121 Å². The second-order valence-corrected chi connectivity index (χ2v) is 8.20. The van der Waals surface area contributed by atoms with Crippen LogP contribution in [0.3, 0.4) is 0 Å². The van der Waals surface area contributed by atoms with E-state index in [0.29, 0.717) is 11.3 Å². The highest BCUT2D eigenvalue weighted by molar-refractivity contribution is 5.99. The summed E-state index contributed by atoms with van der Waals surface area (Å²) in [5, 5.41) is 0. The van der Waals surface area contributed by atoms with Crippen molar-refractivity contribution in [2.45, 2.75) is 13.0 Å². The minimum absolute atomic E-state index is 0.0451. The molecule has 14 heteroatoms. The van der Waals surface area contributed by atoms with E-state index in [2.05, 4.69) is 24.7 Å². The van der Waals surface area contributed by atoms with Gasteiger partial charge >= 0.3 is 6.61 Å². The normalized spacial score (nSPS) is 11.4. The molecule has 0 radical (unpaired) electrons. The average Bonchev–Trinajstić information content (AvgIpc) is 3.46. The van der Waals surface area contributed by atoms with E-state index in [1.807, 2.05) is 0 Å². The van der Waals surface area contributed by atoms with Crippen LogP contribution in [0.25, 0.3) is 28.2 Å². The number of imidazole rings is 2. The number of rotatable bonds is 8. The van der Waals surface area contributed by atoms with Gasteiger partial charge in [0.1, 0.15) is 34.7 Å². The molecule has 39 heavy (non-hydrogen) atoms. The number of halogens is 5. The molecule has 3 aromatic heterocycles. The lowest BCUT2D eigenvalue weighted by Gasteiger charge is -2.14. The summed E-state index contributed by atoms with van der Waals surface area (Å²) in [6.07, 6.45) is 2.22. The summed E-state index contributed by atoms with van der Waals surface area (Å²) < 4.78 is 80.0. The number of pyridine rings is 1. The first-order valence-corrected chi connectivity index (χ1v) is 11.1. The molecule has 0 aliphatic rings. The Labute approximate surface area is 216 Å². The van der Waals surface area contributed by atoms with Crippen LogP contribution in [0.4, 0.5) is 22.0 Å². The van der Waals surface area contributed by atoms with Crippen LogP contribution in [0.5, 0.6) is 11.5 Å². The molecule has 0 atom stereocenters. The van der Waals surface area contributed by atoms with Crippen molar-refractivity contribution in [3.05, 3.63) is 83.3 Å². The first-order valence-electron chi connectivity index (χ1n) is 11.1. The first-order chi connectivity index (χ1) is 18.6. The smallest absolute Gasteiger partial charge is 0.387 e. The SMILES string of the molecule is COc1cc(F)c(-n2cc(Cc3nc4ncc(F)cc4[nH]3)nc2-c2cc(OC(F)F)ccc2C(N)=O)c(F)c1. The van der Waals surface area contributed by atoms with Gasteiger partial charge in [0.25, 0.3) is 0 Å². The molecule has 200 valence electrons. The third-order valence-corrected chi connectivity index (χ3v) is 5.65. The number of fused-ring (bicyclic) bond motifs is 1. The van der Waals surface area contributed by atoms with Crippen LogP contribution in [0, 0.1) is 17.5 Å². The molecule has 3 N–H and O–H groups in total. The molecular formula is C25H17F5N6O3. The summed E-state index contributed by atoms with van der Waals surface area (Å²) in [7, 11) is 1.23. The van der Waals surface area contributed by atoms with Crippen LogP contribution in [-0.4, -0.2) is 44.1 Å². The number of aromatic nitrogens is 5. The molecule has 0 fully saturated rings. The second kappa shape index (κ2) is 10.0. The molecule has 0 saturated carbocycles. The van der Waals surface area contributed by atoms with Crippen LogP contribution >= 0.6 is 0 Å². The number of nitrogens with zero attached hydrogens (tertiary/aromatic N) is 4. The maximum atomic E-state index is 15.2. The molecule has 2 aromatic carbocycles. The number of hydrogen-bond donors (Lipinski definition) is 2. The summed E-state index contributed by atoms with van der Waals surface area (Å²) in [5.41, 5.74) is 5.33. The first kappa shape index (κ1) is 25.6. The standard InChI is InChI=1S/C25H17F5N6O3/c1-38-14-7-17(27)21(18(28)8-14)36-10-12(5-20-34-19-4-11(26)9-32-23(19)35-20)33-24(36)16-6-13(39-25(29)30)2-3-15(16)22(31)37/h2-4,6-10,25H,5H2,1H3,(H2,31,37)(H,32,34,35). The lowest BCUT2D eigenvalue weighted by molar-refractivity contribution is -0.0498. The van der Waals surface area contributed by atoms with E-state index in [0.717, 1.165) is 41.1 Å². The number of nitrogens with one attached hydrogen (secondary N) is 1. The van der Waals surface area contributed by atoms with Crippen LogP contribution in [0.15, 0.2) is 48.8 Å². The van der Waals surface area contributed by atoms with E-state index in [-0.39, 0.29) is 46.2 Å². The van der Waals surface area contributed by atoms with E-state index < -0.39 is 35.7 Å². The quantitative estimate of drug-likeness (QED) is 0.277. The van der Waals surface area contributed by atoms with E-state index in [9.17, 15) is 18.0 Å². The number of methoxy groups -OCH3 is 1. The number of benzene rings is 2. The second-order valence-electron chi connectivity index (χ2n) is 8.20. The Hall–Kier alpha value is -5.01. The highest BCUT2D eigenvalue weighted by Gasteiger charge is 2.24. The van der Waals surface area contributed by atoms with Crippen molar-refractivity contribution in [1.29, 1.82) is 0 Å². The fraction of sp³-hybridized carbons (Fsp3) is 0.120. The molecule has 0 unspecified atom stereocenters. The summed E-state index contributed by atoms with van der Waals surface area (Å²) in [6.45, 7) is -3.18. The van der Waals surface area contributed by atoms with Crippen LogP contribution < -0.4 is 15.2 Å². The molecule has 3 heterocycles. The third kappa shape index (κ3) is 5.08. The number of amides is 1. The zero-order valence-electron chi connectivity index (χ0n) is 19.9. The Morgan fingerprint density at radius 3 is 2.49 bits per heavy atom. The largest absolute Gasteiger partial charge is 0.497 e. The van der Waals surface area contributed by atoms with E-state index in [1.54, 1.807) is 0 Å². The average molecular weight is 544 g/mol. The monoisotopic (exact) mass is 544 g/mol. The van der Waals surface area contributed by atoms with E-state index in [4.69, 9.17) is 10.5 Å². The van der Waals surface area contributed by atoms with Crippen molar-refractivity contribution in [2.24, 2.45) is 5.73 Å². The third-order valence-electron chi connectivity index (χ3n) is 5.65. The molecule has 0 bridgehead atoms. The predicted octanol–water partition coefficient (Wildman–Crippen LogP) is 4.53. The van der Waals surface area contributed by atoms with Crippen molar-refractivity contribution in [2.75, 3.05) is 7.11 Å². The lowest BCUT2D eigenvalue weighted by Crippen LogP contribution is -2.14. The van der Waals surface area contributed by atoms with E-state index in [1.165, 1.54) is 19.4 Å². The summed E-state index contributed by atoms with van der Waals surface area (Å²) in [4.78, 5) is 27.6. The summed E-state index contributed by atoms with van der Waals surface area (Å²) in [6, 6.07) is 6.35. The minimum atomic E-state index is -3.18. The molecule has 0 aliphatic heterocycles. The number of ether oxygens (including phenoxy) is 2. The minimum Gasteiger partial charge on any atom is -0.497 e. The van der Waals surface area contributed by atoms with Gasteiger partial charge < -0.3 is 20.2 Å². The molecule has 0 aliphatic carbocycles. The van der Waals surface area contributed by atoms with Gasteiger partial charge in [0.05, 0.1) is 30.1 Å². The molecular weight excluding hydrogens is 527 g/mol. The number of primary amides is 1. The maximum Gasteiger partial charge on any atom is 0.387 e. The number of carbonyl (C=O) groups excluding carboxylic acids is 1. The highest BCUT2D eigenvalue weighted by Crippen LogP contribution is 2.33. The zero-order valence-corrected chi connectivity index (χ0v) is 19.9. The van der Waals surface area contributed by atoms with Gasteiger partial charge in [-0.2, -0.15) is 8.78 Å². The van der Waals surface area contributed by atoms with Crippen molar-refractivity contribution in [1.82, 2.24) is 24.5 Å². The number of hydrogen-bond acceptors (Lipinski definition) is 6. The van der Waals surface area contributed by atoms with Crippen LogP contribution in [0.1, 0.15) is 21.9 Å². The number of alkyl halides is 2. The Morgan fingerprint density at radius 1 is 1.08 bits per heavy atom. The van der Waals surface area contributed by atoms with Crippen molar-refractivity contribution in [3.63, 3.8) is 0 Å². The highest BCUT2D eigenvalue weighted by atomic mass is 19.3. The Kier molecular flexibility index (Phi) is 6.60. The molecule has 1 amide bonds. The van der Waals surface area contributed by atoms with E-state index >= 15 is 8.78 Å². The van der Waals surface area contributed by atoms with Gasteiger partial charge in [-0.1, -0.05) is 0 Å².